The highest BCUT2D eigenvalue weighted by Gasteiger charge is 2.38. The number of hydrogen-bond acceptors (Lipinski definition) is 4. The van der Waals surface area contributed by atoms with E-state index in [0.717, 1.165) is 18.5 Å². The van der Waals surface area contributed by atoms with E-state index in [4.69, 9.17) is 0 Å². The topological polar surface area (TPSA) is 52.3 Å². The van der Waals surface area contributed by atoms with Crippen molar-refractivity contribution in [1.29, 1.82) is 0 Å². The third-order valence-corrected chi connectivity index (χ3v) is 3.49. The summed E-state index contributed by atoms with van der Waals surface area (Å²) < 4.78 is 57.6. The molecule has 0 aliphatic heterocycles. The molecule has 24 heavy (non-hydrogen) atoms. The van der Waals surface area contributed by atoms with Crippen molar-refractivity contribution < 1.29 is 22.3 Å². The van der Waals surface area contributed by atoms with Crippen molar-refractivity contribution in [2.24, 2.45) is 0 Å². The van der Waals surface area contributed by atoms with Crippen LogP contribution >= 0.6 is 0 Å². The molecule has 3 rings (SSSR count). The Bertz CT molecular complexity index is 891. The molecule has 0 saturated heterocycles. The highest BCUT2D eigenvalue weighted by Crippen LogP contribution is 2.28. The van der Waals surface area contributed by atoms with E-state index in [-0.39, 0.29) is 0 Å². The van der Waals surface area contributed by atoms with Gasteiger partial charge in [0.25, 0.3) is 5.88 Å². The van der Waals surface area contributed by atoms with Gasteiger partial charge in [0.15, 0.2) is 11.9 Å². The van der Waals surface area contributed by atoms with Gasteiger partial charge >= 0.3 is 6.18 Å². The smallest absolute Gasteiger partial charge is 0.425 e. The van der Waals surface area contributed by atoms with E-state index in [1.54, 1.807) is 29.8 Å². The van der Waals surface area contributed by atoms with Crippen LogP contribution < -0.4 is 4.74 Å². The number of aryl methyl sites for hydroxylation is 1. The molecule has 0 radical (unpaired) electrons. The van der Waals surface area contributed by atoms with E-state index in [2.05, 4.69) is 20.0 Å². The second-order valence-corrected chi connectivity index (χ2v) is 5.23. The summed E-state index contributed by atoms with van der Waals surface area (Å²) in [5.74, 6) is -1.65. The molecule has 0 unspecified atom stereocenters. The summed E-state index contributed by atoms with van der Waals surface area (Å²) in [5.41, 5.74) is 2.47. The minimum Gasteiger partial charge on any atom is -0.463 e. The van der Waals surface area contributed by atoms with E-state index in [0.29, 0.717) is 16.8 Å². The van der Waals surface area contributed by atoms with Gasteiger partial charge in [-0.2, -0.15) is 13.2 Å². The van der Waals surface area contributed by atoms with Gasteiger partial charge in [-0.3, -0.25) is 0 Å². The van der Waals surface area contributed by atoms with Crippen LogP contribution in [0, 0.1) is 12.7 Å². The molecule has 0 spiro atoms. The molecule has 0 aromatic carbocycles. The number of fused-ring (bicyclic) bond motifs is 1. The minimum atomic E-state index is -4.59. The molecule has 3 aromatic rings. The summed E-state index contributed by atoms with van der Waals surface area (Å²) >= 11 is 0. The van der Waals surface area contributed by atoms with Crippen LogP contribution in [-0.4, -0.2) is 32.1 Å². The standard InChI is InChI=1S/C15H12F4N4O/c1-8-13-6-10(3-4-23(13)22-21-8)11-5-12(16)14(20-7-11)24-9(2)15(17,18)19/h3-7,9H,1-2H3/t9-/m0/s1. The van der Waals surface area contributed by atoms with Crippen LogP contribution in [0.2, 0.25) is 0 Å². The van der Waals surface area contributed by atoms with Gasteiger partial charge in [-0.1, -0.05) is 5.21 Å². The second-order valence-electron chi connectivity index (χ2n) is 5.23. The number of pyridine rings is 2. The molecule has 0 aliphatic rings. The summed E-state index contributed by atoms with van der Waals surface area (Å²) in [6.45, 7) is 2.57. The largest absolute Gasteiger partial charge is 0.463 e. The number of nitrogens with zero attached hydrogens (tertiary/aromatic N) is 4. The number of rotatable bonds is 3. The quantitative estimate of drug-likeness (QED) is 0.684. The van der Waals surface area contributed by atoms with Gasteiger partial charge in [0.1, 0.15) is 0 Å². The van der Waals surface area contributed by atoms with Gasteiger partial charge in [0.05, 0.1) is 11.2 Å². The maximum atomic E-state index is 14.0. The molecule has 1 atom stereocenters. The molecule has 5 nitrogen and oxygen atoms in total. The Kier molecular flexibility index (Phi) is 3.86. The lowest BCUT2D eigenvalue weighted by molar-refractivity contribution is -0.190. The molecular formula is C15H12F4N4O. The zero-order chi connectivity index (χ0) is 17.5. The molecule has 126 valence electrons. The first kappa shape index (κ1) is 16.2. The summed E-state index contributed by atoms with van der Waals surface area (Å²) in [5, 5.41) is 7.81. The monoisotopic (exact) mass is 340 g/mol. The molecule has 0 bridgehead atoms. The predicted molar refractivity (Wildman–Crippen MR) is 77.1 cm³/mol. The lowest BCUT2D eigenvalue weighted by Crippen LogP contribution is -2.31. The van der Waals surface area contributed by atoms with Crippen molar-refractivity contribution >= 4 is 5.52 Å². The third kappa shape index (κ3) is 3.01. The fourth-order valence-corrected chi connectivity index (χ4v) is 2.09. The Morgan fingerprint density at radius 3 is 2.62 bits per heavy atom. The van der Waals surface area contributed by atoms with Gasteiger partial charge < -0.3 is 4.74 Å². The van der Waals surface area contributed by atoms with Crippen LogP contribution in [-0.2, 0) is 0 Å². The maximum absolute atomic E-state index is 14.0. The second kappa shape index (κ2) is 5.73. The molecule has 3 aromatic heterocycles. The van der Waals surface area contributed by atoms with Gasteiger partial charge in [-0.25, -0.2) is 13.9 Å². The first-order valence-electron chi connectivity index (χ1n) is 6.96. The van der Waals surface area contributed by atoms with Crippen LogP contribution in [0.4, 0.5) is 17.6 Å². The van der Waals surface area contributed by atoms with Crippen LogP contribution in [0.3, 0.4) is 0 Å². The lowest BCUT2D eigenvalue weighted by Gasteiger charge is -2.17. The molecule has 0 saturated carbocycles. The van der Waals surface area contributed by atoms with Crippen LogP contribution in [0.5, 0.6) is 5.88 Å². The first-order valence-corrected chi connectivity index (χ1v) is 6.96. The number of halogens is 4. The maximum Gasteiger partial charge on any atom is 0.425 e. The molecular weight excluding hydrogens is 328 g/mol. The van der Waals surface area contributed by atoms with Crippen molar-refractivity contribution in [3.05, 3.63) is 42.1 Å². The van der Waals surface area contributed by atoms with E-state index in [9.17, 15) is 17.6 Å². The zero-order valence-electron chi connectivity index (χ0n) is 12.7. The normalized spacial score (nSPS) is 13.2. The average Bonchev–Trinajstić information content (AvgIpc) is 2.89. The average molecular weight is 340 g/mol. The minimum absolute atomic E-state index is 0.405. The van der Waals surface area contributed by atoms with Crippen molar-refractivity contribution in [2.75, 3.05) is 0 Å². The lowest BCUT2D eigenvalue weighted by atomic mass is 10.1. The Balaban J connectivity index is 1.92. The highest BCUT2D eigenvalue weighted by molar-refractivity contribution is 5.69. The fraction of sp³-hybridized carbons (Fsp3) is 0.267. The zero-order valence-corrected chi connectivity index (χ0v) is 12.7. The SMILES string of the molecule is Cc1nnn2ccc(-c3cnc(O[C@@H](C)C(F)(F)F)c(F)c3)cc12. The van der Waals surface area contributed by atoms with E-state index < -0.39 is 24.0 Å². The summed E-state index contributed by atoms with van der Waals surface area (Å²) in [4.78, 5) is 3.66. The van der Waals surface area contributed by atoms with E-state index in [1.807, 2.05) is 0 Å². The number of alkyl halides is 3. The number of ether oxygens (including phenoxy) is 1. The van der Waals surface area contributed by atoms with Gasteiger partial charge in [-0.05, 0) is 37.6 Å². The van der Waals surface area contributed by atoms with Crippen LogP contribution in [0.15, 0.2) is 30.6 Å². The predicted octanol–water partition coefficient (Wildman–Crippen LogP) is 3.57. The van der Waals surface area contributed by atoms with Crippen molar-refractivity contribution in [3.8, 4) is 17.0 Å². The van der Waals surface area contributed by atoms with Crippen LogP contribution in [0.25, 0.3) is 16.6 Å². The number of hydrogen-bond donors (Lipinski definition) is 0. The Hall–Kier alpha value is -2.71. The van der Waals surface area contributed by atoms with E-state index in [1.165, 1.54) is 6.20 Å². The highest BCUT2D eigenvalue weighted by atomic mass is 19.4. The van der Waals surface area contributed by atoms with Gasteiger partial charge in [0.2, 0.25) is 0 Å². The van der Waals surface area contributed by atoms with Crippen molar-refractivity contribution in [3.63, 3.8) is 0 Å². The third-order valence-electron chi connectivity index (χ3n) is 3.49. The van der Waals surface area contributed by atoms with E-state index >= 15 is 0 Å². The number of aromatic nitrogens is 4. The molecule has 3 heterocycles. The Morgan fingerprint density at radius 2 is 1.96 bits per heavy atom. The molecule has 0 aliphatic carbocycles. The first-order chi connectivity index (χ1) is 11.3. The summed E-state index contributed by atoms with van der Waals surface area (Å²) in [7, 11) is 0. The Labute approximate surface area is 133 Å². The molecule has 0 amide bonds. The van der Waals surface area contributed by atoms with Gasteiger partial charge in [0, 0.05) is 18.0 Å². The fourth-order valence-electron chi connectivity index (χ4n) is 2.09. The summed E-state index contributed by atoms with van der Waals surface area (Å²) in [6, 6.07) is 4.50. The van der Waals surface area contributed by atoms with Crippen molar-refractivity contribution in [1.82, 2.24) is 19.8 Å². The van der Waals surface area contributed by atoms with Crippen LogP contribution in [0.1, 0.15) is 12.6 Å². The van der Waals surface area contributed by atoms with Gasteiger partial charge in [-0.15, -0.1) is 5.10 Å². The van der Waals surface area contributed by atoms with Crippen molar-refractivity contribution in [2.45, 2.75) is 26.1 Å². The summed E-state index contributed by atoms with van der Waals surface area (Å²) in [6.07, 6.45) is -3.84. The molecule has 0 N–H and O–H groups in total. The molecule has 0 fully saturated rings. The molecule has 9 heteroatoms. The Morgan fingerprint density at radius 1 is 1.21 bits per heavy atom.